The molecule has 4 heteroatoms. The lowest BCUT2D eigenvalue weighted by Crippen LogP contribution is -2.02. The van der Waals surface area contributed by atoms with E-state index in [2.05, 4.69) is 10.3 Å². The number of pyridine rings is 1. The molecule has 1 N–H and O–H groups in total. The van der Waals surface area contributed by atoms with E-state index < -0.39 is 0 Å². The zero-order valence-corrected chi connectivity index (χ0v) is 13.3. The Morgan fingerprint density at radius 3 is 2.73 bits per heavy atom. The first-order valence-corrected chi connectivity index (χ1v) is 7.48. The largest absolute Gasteiger partial charge is 0.497 e. The summed E-state index contributed by atoms with van der Waals surface area (Å²) in [6.45, 7) is 2.66. The molecule has 0 radical (unpaired) electrons. The summed E-state index contributed by atoms with van der Waals surface area (Å²) < 4.78 is 5.27. The molecule has 0 amide bonds. The molecule has 0 aliphatic rings. The van der Waals surface area contributed by atoms with Crippen LogP contribution in [-0.4, -0.2) is 12.1 Å². The summed E-state index contributed by atoms with van der Waals surface area (Å²) in [5.74, 6) is 0.808. The third kappa shape index (κ3) is 3.00. The summed E-state index contributed by atoms with van der Waals surface area (Å²) in [6.07, 6.45) is 0. The average molecular weight is 313 g/mol. The lowest BCUT2D eigenvalue weighted by atomic mass is 10.1. The van der Waals surface area contributed by atoms with Gasteiger partial charge >= 0.3 is 0 Å². The third-order valence-electron chi connectivity index (χ3n) is 3.57. The predicted molar refractivity (Wildman–Crippen MR) is 91.8 cm³/mol. The van der Waals surface area contributed by atoms with Gasteiger partial charge in [0.25, 0.3) is 0 Å². The Morgan fingerprint density at radius 2 is 1.95 bits per heavy atom. The van der Waals surface area contributed by atoms with Gasteiger partial charge in [0.2, 0.25) is 0 Å². The second-order valence-corrected chi connectivity index (χ2v) is 5.55. The van der Waals surface area contributed by atoms with Crippen molar-refractivity contribution in [1.29, 1.82) is 0 Å². The quantitative estimate of drug-likeness (QED) is 0.750. The van der Waals surface area contributed by atoms with Crippen molar-refractivity contribution in [3.63, 3.8) is 0 Å². The van der Waals surface area contributed by atoms with Crippen LogP contribution < -0.4 is 10.1 Å². The van der Waals surface area contributed by atoms with Gasteiger partial charge in [-0.05, 0) is 36.8 Å². The number of methoxy groups -OCH3 is 1. The smallest absolute Gasteiger partial charge is 0.121 e. The third-order valence-corrected chi connectivity index (χ3v) is 3.94. The Morgan fingerprint density at radius 1 is 1.14 bits per heavy atom. The summed E-state index contributed by atoms with van der Waals surface area (Å²) >= 11 is 6.21. The van der Waals surface area contributed by atoms with Crippen molar-refractivity contribution >= 4 is 28.2 Å². The van der Waals surface area contributed by atoms with E-state index in [9.17, 15) is 0 Å². The predicted octanol–water partition coefficient (Wildman–Crippen LogP) is 4.82. The molecule has 1 aromatic heterocycles. The molecular formula is C18H17ClN2O. The van der Waals surface area contributed by atoms with Gasteiger partial charge in [-0.2, -0.15) is 0 Å². The number of nitrogens with one attached hydrogen (secondary N) is 1. The summed E-state index contributed by atoms with van der Waals surface area (Å²) in [6, 6.07) is 15.8. The minimum Gasteiger partial charge on any atom is -0.497 e. The van der Waals surface area contributed by atoms with Gasteiger partial charge in [-0.1, -0.05) is 29.8 Å². The first kappa shape index (κ1) is 14.7. The molecule has 0 bridgehead atoms. The van der Waals surface area contributed by atoms with Crippen LogP contribution in [0.5, 0.6) is 5.75 Å². The maximum absolute atomic E-state index is 6.21. The van der Waals surface area contributed by atoms with Crippen LogP contribution in [0.25, 0.3) is 10.9 Å². The van der Waals surface area contributed by atoms with Crippen molar-refractivity contribution in [2.45, 2.75) is 13.5 Å². The van der Waals surface area contributed by atoms with Crippen LogP contribution in [0, 0.1) is 6.92 Å². The molecule has 0 aliphatic carbocycles. The van der Waals surface area contributed by atoms with Crippen molar-refractivity contribution in [3.05, 3.63) is 64.8 Å². The fraction of sp³-hybridized carbons (Fsp3) is 0.167. The maximum atomic E-state index is 6.21. The van der Waals surface area contributed by atoms with Gasteiger partial charge < -0.3 is 10.1 Å². The molecule has 0 fully saturated rings. The minimum absolute atomic E-state index is 0.671. The number of halogens is 1. The fourth-order valence-corrected chi connectivity index (χ4v) is 2.65. The van der Waals surface area contributed by atoms with E-state index in [0.29, 0.717) is 6.54 Å². The number of nitrogens with zero attached hydrogens (tertiary/aromatic N) is 1. The van der Waals surface area contributed by atoms with Crippen LogP contribution in [0.1, 0.15) is 11.3 Å². The maximum Gasteiger partial charge on any atom is 0.121 e. The molecule has 0 saturated heterocycles. The Balaban J connectivity index is 1.95. The van der Waals surface area contributed by atoms with E-state index in [0.717, 1.165) is 38.6 Å². The average Bonchev–Trinajstić information content (AvgIpc) is 2.53. The molecule has 0 atom stereocenters. The molecule has 0 unspecified atom stereocenters. The molecule has 22 heavy (non-hydrogen) atoms. The summed E-state index contributed by atoms with van der Waals surface area (Å²) in [4.78, 5) is 4.57. The summed E-state index contributed by atoms with van der Waals surface area (Å²) in [5, 5.41) is 5.30. The Hall–Kier alpha value is -2.26. The molecule has 0 saturated carbocycles. The van der Waals surface area contributed by atoms with E-state index >= 15 is 0 Å². The van der Waals surface area contributed by atoms with Gasteiger partial charge in [-0.3, -0.25) is 4.98 Å². The highest BCUT2D eigenvalue weighted by molar-refractivity contribution is 6.31. The summed E-state index contributed by atoms with van der Waals surface area (Å²) in [5.41, 5.74) is 3.99. The van der Waals surface area contributed by atoms with Crippen molar-refractivity contribution < 1.29 is 4.74 Å². The normalized spacial score (nSPS) is 10.7. The Labute approximate surface area is 134 Å². The Kier molecular flexibility index (Phi) is 4.16. The number of aromatic nitrogens is 1. The second kappa shape index (κ2) is 6.24. The van der Waals surface area contributed by atoms with E-state index in [1.807, 2.05) is 55.5 Å². The van der Waals surface area contributed by atoms with Crippen LogP contribution >= 0.6 is 11.6 Å². The molecule has 0 aliphatic heterocycles. The van der Waals surface area contributed by atoms with E-state index in [1.165, 1.54) is 0 Å². The lowest BCUT2D eigenvalue weighted by molar-refractivity contribution is 0.415. The number of fused-ring (bicyclic) bond motifs is 1. The first-order chi connectivity index (χ1) is 10.7. The number of hydrogen-bond donors (Lipinski definition) is 1. The highest BCUT2D eigenvalue weighted by atomic mass is 35.5. The van der Waals surface area contributed by atoms with Gasteiger partial charge in [-0.15, -0.1) is 0 Å². The molecule has 2 aromatic carbocycles. The molecule has 0 spiro atoms. The van der Waals surface area contributed by atoms with Gasteiger partial charge in [0.05, 0.1) is 12.6 Å². The zero-order chi connectivity index (χ0) is 15.5. The number of aryl methyl sites for hydroxylation is 1. The number of rotatable bonds is 4. The molecule has 3 rings (SSSR count). The number of hydrogen-bond acceptors (Lipinski definition) is 3. The van der Waals surface area contributed by atoms with Crippen LogP contribution in [0.4, 0.5) is 5.69 Å². The lowest BCUT2D eigenvalue weighted by Gasteiger charge is -2.12. The van der Waals surface area contributed by atoms with Gasteiger partial charge in [0.15, 0.2) is 0 Å². The van der Waals surface area contributed by atoms with Gasteiger partial charge in [0.1, 0.15) is 5.75 Å². The topological polar surface area (TPSA) is 34.1 Å². The highest BCUT2D eigenvalue weighted by Crippen LogP contribution is 2.27. The number of anilines is 1. The molecular weight excluding hydrogens is 296 g/mol. The molecule has 112 valence electrons. The van der Waals surface area contributed by atoms with Gasteiger partial charge in [-0.25, -0.2) is 0 Å². The SMILES string of the molecule is COc1ccc2c(NCc3ccccc3Cl)cc(C)nc2c1. The van der Waals surface area contributed by atoms with Crippen molar-refractivity contribution in [2.75, 3.05) is 12.4 Å². The monoisotopic (exact) mass is 312 g/mol. The van der Waals surface area contributed by atoms with E-state index in [4.69, 9.17) is 16.3 Å². The standard InChI is InChI=1S/C18H17ClN2O/c1-12-9-17(20-11-13-5-3-4-6-16(13)19)15-8-7-14(22-2)10-18(15)21-12/h3-10H,11H2,1-2H3,(H,20,21). The zero-order valence-electron chi connectivity index (χ0n) is 12.6. The number of benzene rings is 2. The van der Waals surface area contributed by atoms with Crippen molar-refractivity contribution in [1.82, 2.24) is 4.98 Å². The molecule has 3 aromatic rings. The van der Waals surface area contributed by atoms with Gasteiger partial charge in [0, 0.05) is 34.4 Å². The first-order valence-electron chi connectivity index (χ1n) is 7.10. The van der Waals surface area contributed by atoms with Crippen molar-refractivity contribution in [3.8, 4) is 5.75 Å². The molecule has 1 heterocycles. The van der Waals surface area contributed by atoms with Crippen molar-refractivity contribution in [2.24, 2.45) is 0 Å². The fourth-order valence-electron chi connectivity index (χ4n) is 2.45. The van der Waals surface area contributed by atoms with Crippen LogP contribution in [0.3, 0.4) is 0 Å². The second-order valence-electron chi connectivity index (χ2n) is 5.14. The summed E-state index contributed by atoms with van der Waals surface area (Å²) in [7, 11) is 1.66. The van der Waals surface area contributed by atoms with Crippen LogP contribution in [0.15, 0.2) is 48.5 Å². The van der Waals surface area contributed by atoms with E-state index in [-0.39, 0.29) is 0 Å². The Bertz CT molecular complexity index is 817. The van der Waals surface area contributed by atoms with E-state index in [1.54, 1.807) is 7.11 Å². The molecule has 3 nitrogen and oxygen atoms in total. The van der Waals surface area contributed by atoms with Crippen LogP contribution in [0.2, 0.25) is 5.02 Å². The number of ether oxygens (including phenoxy) is 1. The van der Waals surface area contributed by atoms with Crippen LogP contribution in [-0.2, 0) is 6.54 Å². The highest BCUT2D eigenvalue weighted by Gasteiger charge is 2.06. The minimum atomic E-state index is 0.671.